The van der Waals surface area contributed by atoms with Gasteiger partial charge in [-0.2, -0.15) is 105 Å². The van der Waals surface area contributed by atoms with Gasteiger partial charge in [0.1, 0.15) is 11.5 Å². The van der Waals surface area contributed by atoms with Crippen molar-refractivity contribution in [3.8, 4) is 11.5 Å². The second-order valence-electron chi connectivity index (χ2n) is 19.3. The van der Waals surface area contributed by atoms with Gasteiger partial charge in [-0.25, -0.2) is 0 Å². The van der Waals surface area contributed by atoms with Gasteiger partial charge in [-0.3, -0.25) is 0 Å². The zero-order chi connectivity index (χ0) is 63.6. The lowest BCUT2D eigenvalue weighted by Gasteiger charge is -2.38. The van der Waals surface area contributed by atoms with Gasteiger partial charge < -0.3 is 14.5 Å². The smallest absolute Gasteiger partial charge is 0.416 e. The van der Waals surface area contributed by atoms with Gasteiger partial charge in [-0.1, -0.05) is 62.4 Å². The molecule has 0 bridgehead atoms. The first-order chi connectivity index (χ1) is 38.8. The number of rotatable bonds is 10. The second-order valence-corrected chi connectivity index (χ2v) is 23.7. The number of hydrogen-bond donors (Lipinski definition) is 0. The monoisotopic (exact) mass is 1270 g/mol. The number of ether oxygens (including phenoxy) is 1. The van der Waals surface area contributed by atoms with E-state index in [4.69, 9.17) is 4.74 Å². The van der Waals surface area contributed by atoms with Crippen LogP contribution in [-0.4, -0.2) is 29.6 Å². The average Bonchev–Trinajstić information content (AvgIpc) is 1.06. The summed E-state index contributed by atoms with van der Waals surface area (Å²) in [5, 5.41) is -6.47. The van der Waals surface area contributed by atoms with E-state index >= 15 is 0 Å². The van der Waals surface area contributed by atoms with Crippen LogP contribution in [0, 0.1) is 0 Å². The summed E-state index contributed by atoms with van der Waals surface area (Å²) in [5.74, 6) is -1.65. The molecule has 29 heteroatoms. The number of fused-ring (bicyclic) bond motifs is 2. The molecular weight excluding hydrogens is 1230 g/mol. The van der Waals surface area contributed by atoms with Crippen LogP contribution >= 0.6 is 15.8 Å². The zero-order valence-electron chi connectivity index (χ0n) is 43.0. The van der Waals surface area contributed by atoms with Crippen LogP contribution in [-0.2, 0) is 54.8 Å². The van der Waals surface area contributed by atoms with Gasteiger partial charge in [0.25, 0.3) is 0 Å². The average molecular weight is 1270 g/mol. The molecule has 0 aromatic heterocycles. The zero-order valence-corrected chi connectivity index (χ0v) is 44.8. The van der Waals surface area contributed by atoms with Crippen LogP contribution in [0.2, 0.25) is 0 Å². The predicted molar refractivity (Wildman–Crippen MR) is 270 cm³/mol. The summed E-state index contributed by atoms with van der Waals surface area (Å²) >= 11 is 0. The fourth-order valence-corrected chi connectivity index (χ4v) is 14.1. The SMILES string of the molecule is C=CCN1C=CN(CC=C)C1.CC1(C)c2cccc(P(c3cc(C(F)(F)F)cc(C(F)(F)F)c3)c3cc(C(F)(F)F)cc(C(F)(F)F)c3)c2Oc2c(P(c3cc(C(F)(F)F)cc(C(F)(F)F)c3)c3cc(C(F)(F)F)cc(C(F)(F)F)c3)cccc21. The third-order valence-corrected chi connectivity index (χ3v) is 17.7. The highest BCUT2D eigenvalue weighted by Crippen LogP contribution is 2.54. The van der Waals surface area contributed by atoms with Gasteiger partial charge in [0.2, 0.25) is 0 Å². The number of hydrogen-bond acceptors (Lipinski definition) is 3. The van der Waals surface area contributed by atoms with Gasteiger partial charge in [-0.05, 0) is 110 Å². The van der Waals surface area contributed by atoms with E-state index in [9.17, 15) is 105 Å². The first-order valence-corrected chi connectivity index (χ1v) is 26.6. The molecule has 0 aliphatic carbocycles. The molecule has 2 aliphatic rings. The Morgan fingerprint density at radius 2 is 0.612 bits per heavy atom. The van der Waals surface area contributed by atoms with Crippen LogP contribution < -0.4 is 36.6 Å². The molecular formula is C56H38F24N2OP2. The molecule has 0 amide bonds. The molecule has 0 unspecified atom stereocenters. The molecule has 0 radical (unpaired) electrons. The summed E-state index contributed by atoms with van der Waals surface area (Å²) in [6.45, 7) is 12.7. The number of para-hydroxylation sites is 2. The van der Waals surface area contributed by atoms with E-state index < -0.39 is 183 Å². The Labute approximate surface area is 469 Å². The van der Waals surface area contributed by atoms with Crippen LogP contribution in [0.3, 0.4) is 0 Å². The van der Waals surface area contributed by atoms with Crippen molar-refractivity contribution in [3.63, 3.8) is 0 Å². The quantitative estimate of drug-likeness (QED) is 0.0772. The summed E-state index contributed by atoms with van der Waals surface area (Å²) in [7, 11) is -7.29. The molecule has 6 aromatic rings. The highest BCUT2D eigenvalue weighted by molar-refractivity contribution is 7.80. The van der Waals surface area contributed by atoms with E-state index in [1.54, 1.807) is 0 Å². The number of benzene rings is 6. The van der Waals surface area contributed by atoms with E-state index in [0.29, 0.717) is 0 Å². The van der Waals surface area contributed by atoms with E-state index in [0.717, 1.165) is 56.2 Å². The summed E-state index contributed by atoms with van der Waals surface area (Å²) in [6, 6.07) is 4.22. The van der Waals surface area contributed by atoms with Gasteiger partial charge in [0, 0.05) is 52.6 Å². The third kappa shape index (κ3) is 14.7. The highest BCUT2D eigenvalue weighted by Gasteiger charge is 2.46. The maximum Gasteiger partial charge on any atom is 0.416 e. The Balaban J connectivity index is 0.000000844. The van der Waals surface area contributed by atoms with Crippen molar-refractivity contribution < 1.29 is 110 Å². The molecule has 0 spiro atoms. The van der Waals surface area contributed by atoms with Crippen molar-refractivity contribution in [2.45, 2.75) is 68.7 Å². The third-order valence-electron chi connectivity index (χ3n) is 12.9. The molecule has 8 rings (SSSR count). The van der Waals surface area contributed by atoms with Crippen LogP contribution in [0.1, 0.15) is 69.5 Å². The minimum atomic E-state index is -5.69. The van der Waals surface area contributed by atoms with Gasteiger partial charge in [0.15, 0.2) is 0 Å². The Morgan fingerprint density at radius 3 is 0.812 bits per heavy atom. The van der Waals surface area contributed by atoms with Gasteiger partial charge in [-0.15, -0.1) is 13.2 Å². The lowest BCUT2D eigenvalue weighted by molar-refractivity contribution is -0.144. The minimum absolute atomic E-state index is 0.00178. The molecule has 3 nitrogen and oxygen atoms in total. The summed E-state index contributed by atoms with van der Waals surface area (Å²) in [6.07, 6.45) is -37.5. The summed E-state index contributed by atoms with van der Waals surface area (Å²) in [5.41, 5.74) is -19.2. The molecule has 2 heterocycles. The first-order valence-electron chi connectivity index (χ1n) is 23.9. The maximum atomic E-state index is 14.4. The van der Waals surface area contributed by atoms with E-state index in [-0.39, 0.29) is 59.7 Å². The Kier molecular flexibility index (Phi) is 17.8. The maximum absolute atomic E-state index is 14.4. The molecule has 0 saturated heterocycles. The fourth-order valence-electron chi connectivity index (χ4n) is 9.06. The van der Waals surface area contributed by atoms with Gasteiger partial charge >= 0.3 is 49.4 Å². The molecule has 0 saturated carbocycles. The molecule has 456 valence electrons. The summed E-state index contributed by atoms with van der Waals surface area (Å²) < 4.78 is 352. The Bertz CT molecular complexity index is 3010. The van der Waals surface area contributed by atoms with Crippen molar-refractivity contribution in [3.05, 3.63) is 203 Å². The lowest BCUT2D eigenvalue weighted by Crippen LogP contribution is -2.34. The number of alkyl halides is 24. The normalized spacial score (nSPS) is 14.9. The molecule has 85 heavy (non-hydrogen) atoms. The Hall–Kier alpha value is -6.88. The number of halogens is 24. The molecule has 6 aromatic carbocycles. The van der Waals surface area contributed by atoms with Crippen LogP contribution in [0.25, 0.3) is 0 Å². The van der Waals surface area contributed by atoms with Crippen molar-refractivity contribution in [2.75, 3.05) is 19.8 Å². The van der Waals surface area contributed by atoms with Crippen LogP contribution in [0.4, 0.5) is 105 Å². The van der Waals surface area contributed by atoms with Crippen molar-refractivity contribution >= 4 is 47.7 Å². The van der Waals surface area contributed by atoms with Crippen molar-refractivity contribution in [2.24, 2.45) is 0 Å². The van der Waals surface area contributed by atoms with Crippen LogP contribution in [0.15, 0.2) is 147 Å². The van der Waals surface area contributed by atoms with Crippen molar-refractivity contribution in [1.29, 1.82) is 0 Å². The van der Waals surface area contributed by atoms with Crippen LogP contribution in [0.5, 0.6) is 11.5 Å². The standard InChI is InChI=1S/C47H24F24OP2.C9H14N2/c1-39(2)33-5-3-7-35(73(29-13-21(40(48,49)50)9-22(14-29)41(51,52)53)30-15-23(42(54,55)56)10-24(16-30)43(57,58)59)37(33)72-38-34(39)6-4-8-36(38)74(31-17-25(44(60,61)62)11-26(18-31)45(63,64)65)32-19-27(46(66,67)68)12-28(20-32)47(69,70)71;1-3-5-10-7-8-11(9-10)6-4-2/h3-20H,1-2H3;3-4,7-8H,1-2,5-6,9H2. The van der Waals surface area contributed by atoms with E-state index in [1.165, 1.54) is 13.8 Å². The van der Waals surface area contributed by atoms with Crippen molar-refractivity contribution in [1.82, 2.24) is 9.80 Å². The molecule has 2 aliphatic heterocycles. The molecule has 0 fully saturated rings. The minimum Gasteiger partial charge on any atom is -0.455 e. The van der Waals surface area contributed by atoms with Gasteiger partial charge in [0.05, 0.1) is 51.2 Å². The first kappa shape index (κ1) is 65.7. The number of nitrogens with zero attached hydrogens (tertiary/aromatic N) is 2. The largest absolute Gasteiger partial charge is 0.455 e. The van der Waals surface area contributed by atoms with E-state index in [2.05, 4.69) is 35.4 Å². The second kappa shape index (κ2) is 23.1. The topological polar surface area (TPSA) is 15.7 Å². The van der Waals surface area contributed by atoms with E-state index in [1.807, 2.05) is 12.2 Å². The Morgan fingerprint density at radius 1 is 0.388 bits per heavy atom. The molecule has 0 N–H and O–H groups in total. The summed E-state index contributed by atoms with van der Waals surface area (Å²) in [4.78, 5) is 4.38. The predicted octanol–water partition coefficient (Wildman–Crippen LogP) is 17.2. The lowest BCUT2D eigenvalue weighted by atomic mass is 9.76. The molecule has 0 atom stereocenters. The fraction of sp³-hybridized carbons (Fsp3) is 0.250. The highest BCUT2D eigenvalue weighted by atomic mass is 31.1.